The highest BCUT2D eigenvalue weighted by molar-refractivity contribution is 7.15. The number of benzene rings is 1. The van der Waals surface area contributed by atoms with Gasteiger partial charge in [0, 0.05) is 46.4 Å². The lowest BCUT2D eigenvalue weighted by molar-refractivity contribution is -0.121. The summed E-state index contributed by atoms with van der Waals surface area (Å²) in [5.41, 5.74) is 4.00. The van der Waals surface area contributed by atoms with Crippen molar-refractivity contribution >= 4 is 34.6 Å². The molecule has 1 aromatic carbocycles. The molecule has 34 heavy (non-hydrogen) atoms. The van der Waals surface area contributed by atoms with Gasteiger partial charge in [0.2, 0.25) is 5.91 Å². The Morgan fingerprint density at radius 1 is 1.21 bits per heavy atom. The van der Waals surface area contributed by atoms with Crippen LogP contribution in [-0.4, -0.2) is 42.9 Å². The van der Waals surface area contributed by atoms with E-state index in [0.29, 0.717) is 23.8 Å². The first-order valence-electron chi connectivity index (χ1n) is 11.0. The Hall–Kier alpha value is -3.30. The van der Waals surface area contributed by atoms with Gasteiger partial charge in [-0.2, -0.15) is 0 Å². The summed E-state index contributed by atoms with van der Waals surface area (Å²) in [7, 11) is 0. The van der Waals surface area contributed by atoms with Gasteiger partial charge in [-0.15, -0.1) is 21.5 Å². The lowest BCUT2D eigenvalue weighted by Gasteiger charge is -2.13. The van der Waals surface area contributed by atoms with Crippen molar-refractivity contribution < 1.29 is 4.79 Å². The third kappa shape index (κ3) is 4.17. The number of aliphatic imine (C=N–C) groups is 1. The van der Waals surface area contributed by atoms with Crippen molar-refractivity contribution in [3.63, 3.8) is 0 Å². The molecular weight excluding hydrogens is 470 g/mol. The highest BCUT2D eigenvalue weighted by Gasteiger charge is 2.32. The second-order valence-corrected chi connectivity index (χ2v) is 9.88. The Labute approximate surface area is 206 Å². The molecule has 4 aromatic rings. The van der Waals surface area contributed by atoms with Crippen LogP contribution in [0.5, 0.6) is 0 Å². The van der Waals surface area contributed by atoms with E-state index in [2.05, 4.69) is 39.3 Å². The summed E-state index contributed by atoms with van der Waals surface area (Å²) in [6, 6.07) is 7.18. The number of aryl methyl sites for hydroxylation is 2. The second kappa shape index (κ2) is 9.15. The zero-order chi connectivity index (χ0) is 23.8. The number of rotatable bonds is 6. The Balaban J connectivity index is 1.52. The number of nitrogens with zero attached hydrogens (tertiary/aromatic N) is 5. The summed E-state index contributed by atoms with van der Waals surface area (Å²) in [6.07, 6.45) is 4.27. The molecule has 0 radical (unpaired) electrons. The Morgan fingerprint density at radius 2 is 2.00 bits per heavy atom. The Kier molecular flexibility index (Phi) is 6.05. The molecule has 0 saturated carbocycles. The van der Waals surface area contributed by atoms with Gasteiger partial charge in [-0.3, -0.25) is 14.4 Å². The molecule has 3 aromatic heterocycles. The molecule has 1 aliphatic heterocycles. The molecular formula is C24H24ClN7OS. The minimum Gasteiger partial charge on any atom is -0.356 e. The quantitative estimate of drug-likeness (QED) is 0.418. The van der Waals surface area contributed by atoms with Gasteiger partial charge in [0.15, 0.2) is 5.82 Å². The van der Waals surface area contributed by atoms with Crippen LogP contribution in [0.4, 0.5) is 0 Å². The third-order valence-corrected chi connectivity index (χ3v) is 7.42. The van der Waals surface area contributed by atoms with Gasteiger partial charge in [-0.25, -0.2) is 4.98 Å². The number of imidazole rings is 1. The summed E-state index contributed by atoms with van der Waals surface area (Å²) in [5, 5.41) is 13.5. The molecule has 0 saturated heterocycles. The molecule has 4 heterocycles. The van der Waals surface area contributed by atoms with E-state index >= 15 is 0 Å². The van der Waals surface area contributed by atoms with E-state index in [4.69, 9.17) is 16.6 Å². The van der Waals surface area contributed by atoms with E-state index in [1.54, 1.807) is 23.7 Å². The maximum Gasteiger partial charge on any atom is 0.222 e. The summed E-state index contributed by atoms with van der Waals surface area (Å²) >= 11 is 7.85. The summed E-state index contributed by atoms with van der Waals surface area (Å²) in [5.74, 6) is 2.18. The van der Waals surface area contributed by atoms with E-state index in [-0.39, 0.29) is 12.3 Å². The van der Waals surface area contributed by atoms with Crippen LogP contribution in [-0.2, 0) is 11.2 Å². The second-order valence-electron chi connectivity index (χ2n) is 8.24. The fourth-order valence-corrected chi connectivity index (χ4v) is 5.48. The molecule has 0 bridgehead atoms. The predicted octanol–water partition coefficient (Wildman–Crippen LogP) is 4.27. The summed E-state index contributed by atoms with van der Waals surface area (Å²) < 4.78 is 2.05. The fraction of sp³-hybridized carbons (Fsp3) is 0.292. The molecule has 1 atom stereocenters. The fourth-order valence-electron chi connectivity index (χ4n) is 4.14. The molecule has 5 rings (SSSR count). The van der Waals surface area contributed by atoms with Crippen molar-refractivity contribution in [2.75, 3.05) is 6.54 Å². The number of hydrogen-bond donors (Lipinski definition) is 2. The lowest BCUT2D eigenvalue weighted by Crippen LogP contribution is -2.27. The van der Waals surface area contributed by atoms with Crippen LogP contribution < -0.4 is 5.32 Å². The molecule has 2 N–H and O–H groups in total. The van der Waals surface area contributed by atoms with Gasteiger partial charge < -0.3 is 10.3 Å². The number of fused-ring (bicyclic) bond motifs is 3. The monoisotopic (exact) mass is 493 g/mol. The number of amides is 1. The van der Waals surface area contributed by atoms with Crippen molar-refractivity contribution in [2.45, 2.75) is 39.7 Å². The normalized spacial score (nSPS) is 14.8. The van der Waals surface area contributed by atoms with E-state index in [9.17, 15) is 4.79 Å². The molecule has 0 fully saturated rings. The number of aromatic nitrogens is 5. The van der Waals surface area contributed by atoms with Crippen molar-refractivity contribution in [2.24, 2.45) is 4.99 Å². The largest absolute Gasteiger partial charge is 0.356 e. The van der Waals surface area contributed by atoms with E-state index in [0.717, 1.165) is 39.1 Å². The van der Waals surface area contributed by atoms with E-state index in [1.807, 2.05) is 35.8 Å². The number of thiophene rings is 1. The van der Waals surface area contributed by atoms with Crippen LogP contribution in [0, 0.1) is 20.8 Å². The van der Waals surface area contributed by atoms with Crippen molar-refractivity contribution in [3.8, 4) is 5.00 Å². The van der Waals surface area contributed by atoms with Crippen LogP contribution in [0.1, 0.15) is 51.5 Å². The highest BCUT2D eigenvalue weighted by Crippen LogP contribution is 2.39. The van der Waals surface area contributed by atoms with Gasteiger partial charge >= 0.3 is 0 Å². The van der Waals surface area contributed by atoms with Gasteiger partial charge in [0.05, 0.1) is 12.1 Å². The summed E-state index contributed by atoms with van der Waals surface area (Å²) in [6.45, 7) is 6.64. The Bertz CT molecular complexity index is 1370. The number of nitrogens with one attached hydrogen (secondary N) is 2. The zero-order valence-electron chi connectivity index (χ0n) is 19.1. The summed E-state index contributed by atoms with van der Waals surface area (Å²) in [4.78, 5) is 26.5. The standard InChI is InChI=1S/C24H24ClN7OS/c1-13-14(2)34-24-21(13)22(16-4-6-17(25)7-5-16)29-18(23-31-30-15(3)32(23)24)12-20(33)28-9-8-19-26-10-11-27-19/h4-7,10-11,18H,8-9,12H2,1-3H3,(H,26,27)(H,28,33)/t18-/m0/s1. The van der Waals surface area contributed by atoms with Gasteiger partial charge in [0.25, 0.3) is 0 Å². The molecule has 0 spiro atoms. The first kappa shape index (κ1) is 22.5. The maximum atomic E-state index is 12.9. The first-order valence-corrected chi connectivity index (χ1v) is 12.2. The van der Waals surface area contributed by atoms with Crippen LogP contribution in [0.2, 0.25) is 5.02 Å². The SMILES string of the molecule is Cc1sc2c(c1C)C(c1ccc(Cl)cc1)=N[C@@H](CC(=O)NCCc1ncc[nH]1)c1nnc(C)n1-2. The third-order valence-electron chi connectivity index (χ3n) is 5.97. The minimum absolute atomic E-state index is 0.0962. The van der Waals surface area contributed by atoms with Crippen LogP contribution in [0.25, 0.3) is 5.00 Å². The molecule has 1 amide bonds. The topological polar surface area (TPSA) is 101 Å². The molecule has 0 unspecified atom stereocenters. The average molecular weight is 494 g/mol. The number of carbonyl (C=O) groups excluding carboxylic acids is 1. The van der Waals surface area contributed by atoms with Crippen molar-refractivity contribution in [1.82, 2.24) is 30.0 Å². The smallest absolute Gasteiger partial charge is 0.222 e. The predicted molar refractivity (Wildman–Crippen MR) is 133 cm³/mol. The number of halogens is 1. The van der Waals surface area contributed by atoms with Crippen molar-refractivity contribution in [3.05, 3.63) is 80.7 Å². The van der Waals surface area contributed by atoms with Crippen LogP contribution >= 0.6 is 22.9 Å². The minimum atomic E-state index is -0.477. The number of carbonyl (C=O) groups is 1. The zero-order valence-corrected chi connectivity index (χ0v) is 20.7. The van der Waals surface area contributed by atoms with E-state index < -0.39 is 6.04 Å². The van der Waals surface area contributed by atoms with Crippen LogP contribution in [0.3, 0.4) is 0 Å². The average Bonchev–Trinajstić information content (AvgIpc) is 3.51. The molecule has 8 nitrogen and oxygen atoms in total. The van der Waals surface area contributed by atoms with Gasteiger partial charge in [0.1, 0.15) is 22.7 Å². The first-order chi connectivity index (χ1) is 16.4. The maximum absolute atomic E-state index is 12.9. The molecule has 0 aliphatic carbocycles. The number of aromatic amines is 1. The number of H-pyrrole nitrogens is 1. The van der Waals surface area contributed by atoms with Crippen molar-refractivity contribution in [1.29, 1.82) is 0 Å². The highest BCUT2D eigenvalue weighted by atomic mass is 35.5. The van der Waals surface area contributed by atoms with Crippen LogP contribution in [0.15, 0.2) is 41.7 Å². The molecule has 1 aliphatic rings. The Morgan fingerprint density at radius 3 is 2.74 bits per heavy atom. The van der Waals surface area contributed by atoms with Gasteiger partial charge in [-0.1, -0.05) is 23.7 Å². The molecule has 174 valence electrons. The lowest BCUT2D eigenvalue weighted by atomic mass is 9.99. The number of hydrogen-bond acceptors (Lipinski definition) is 6. The van der Waals surface area contributed by atoms with E-state index in [1.165, 1.54) is 4.88 Å². The molecule has 10 heteroatoms. The van der Waals surface area contributed by atoms with Gasteiger partial charge in [-0.05, 0) is 38.5 Å².